The zero-order valence-corrected chi connectivity index (χ0v) is 93.8. The van der Waals surface area contributed by atoms with Gasteiger partial charge in [-0.05, 0) is 268 Å². The summed E-state index contributed by atoms with van der Waals surface area (Å²) in [7, 11) is 0. The highest BCUT2D eigenvalue weighted by Crippen LogP contribution is 2.38. The number of allylic oxidation sites excluding steroid dienone is 3. The van der Waals surface area contributed by atoms with Crippen LogP contribution >= 0.6 is 0 Å². The number of amides is 8. The van der Waals surface area contributed by atoms with Gasteiger partial charge in [0, 0.05) is 249 Å². The molecule has 0 aromatic rings. The quantitative estimate of drug-likeness (QED) is 0.130. The molecule has 11 atom stereocenters. The third kappa shape index (κ3) is 39.3. The van der Waals surface area contributed by atoms with Gasteiger partial charge < -0.3 is 44.1 Å². The molecule has 806 valence electrons. The fraction of sp³-hybridized carbons (Fsp3) is 0.741. The van der Waals surface area contributed by atoms with E-state index < -0.39 is 18.4 Å². The molecule has 0 aliphatic carbocycles. The molecule has 0 spiro atoms. The van der Waals surface area contributed by atoms with Gasteiger partial charge in [0.25, 0.3) is 5.91 Å². The first-order valence-electron chi connectivity index (χ1n) is 52.5. The van der Waals surface area contributed by atoms with Crippen LogP contribution in [0.15, 0.2) is 99.1 Å². The van der Waals surface area contributed by atoms with Crippen LogP contribution in [0.25, 0.3) is 0 Å². The average molecular weight is 2010 g/mol. The Labute approximate surface area is 867 Å². The minimum Gasteiger partial charge on any atom is -0.377 e. The lowest BCUT2D eigenvalue weighted by Gasteiger charge is -2.49. The molecule has 8 amide bonds. The first kappa shape index (κ1) is 127. The zero-order valence-electron chi connectivity index (χ0n) is 93.8. The molecule has 0 aromatic heterocycles. The first-order chi connectivity index (χ1) is 67.0. The van der Waals surface area contributed by atoms with Gasteiger partial charge in [-0.15, -0.1) is 0 Å². The largest absolute Gasteiger partial charge is 0.377 e. The summed E-state index contributed by atoms with van der Waals surface area (Å²) in [5.41, 5.74) is 0.850. The predicted octanol–water partition coefficient (Wildman–Crippen LogP) is 14.4. The molecule has 11 heterocycles. The number of hydrogen-bond acceptors (Lipinski definition) is 22. The van der Waals surface area contributed by atoms with Crippen molar-refractivity contribution in [3.05, 3.63) is 99.1 Å². The Morgan fingerprint density at radius 3 is 0.965 bits per heavy atom. The van der Waals surface area contributed by atoms with Crippen LogP contribution in [0.1, 0.15) is 271 Å². The van der Waals surface area contributed by atoms with Crippen molar-refractivity contribution in [2.45, 2.75) is 382 Å². The number of rotatable bonds is 16. The van der Waals surface area contributed by atoms with Crippen molar-refractivity contribution >= 4 is 47.3 Å². The number of fused-ring (bicyclic) bond motifs is 4. The molecule has 0 radical (unpaired) electrons. The maximum atomic E-state index is 12.9. The number of alkyl halides is 1. The molecule has 0 aromatic carbocycles. The fourth-order valence-electron chi connectivity index (χ4n) is 21.0. The van der Waals surface area contributed by atoms with Crippen LogP contribution in [0.3, 0.4) is 0 Å². The molecule has 4 bridgehead atoms. The number of nitrogens with zero attached hydrogens (tertiary/aromatic N) is 22. The van der Waals surface area contributed by atoms with E-state index in [0.29, 0.717) is 108 Å². The van der Waals surface area contributed by atoms with Crippen LogP contribution in [0, 0.1) is 56.7 Å². The van der Waals surface area contributed by atoms with Crippen LogP contribution in [0.5, 0.6) is 0 Å². The van der Waals surface area contributed by atoms with E-state index in [1.165, 1.54) is 61.0 Å². The van der Waals surface area contributed by atoms with E-state index in [1.807, 2.05) is 50.6 Å². The van der Waals surface area contributed by atoms with Gasteiger partial charge >= 0.3 is 0 Å². The van der Waals surface area contributed by atoms with Gasteiger partial charge in [-0.25, -0.2) is 8.78 Å². The molecule has 144 heavy (non-hydrogen) atoms. The van der Waals surface area contributed by atoms with Gasteiger partial charge in [-0.3, -0.25) is 77.6 Å². The summed E-state index contributed by atoms with van der Waals surface area (Å²) in [6, 6.07) is 13.0. The number of halogens is 2. The van der Waals surface area contributed by atoms with Gasteiger partial charge in [-0.1, -0.05) is 45.4 Å². The highest BCUT2D eigenvalue weighted by Gasteiger charge is 2.48. The molecule has 11 aliphatic rings. The average Bonchev–Trinajstić information content (AvgIpc) is 1.62. The second kappa shape index (κ2) is 57.7. The Hall–Kier alpha value is -9.53. The number of piperazine rings is 8. The van der Waals surface area contributed by atoms with Gasteiger partial charge in [0.05, 0.1) is 92.7 Å². The van der Waals surface area contributed by atoms with Crippen molar-refractivity contribution in [3.63, 3.8) is 0 Å². The molecule has 11 saturated heterocycles. The summed E-state index contributed by atoms with van der Waals surface area (Å²) < 4.78 is 25.0. The molecule has 32 heteroatoms. The molecule has 30 nitrogen and oxygen atoms in total. The normalized spacial score (nSPS) is 24.7. The van der Waals surface area contributed by atoms with Crippen LogP contribution in [-0.2, 0) is 38.4 Å². The Morgan fingerprint density at radius 1 is 0.347 bits per heavy atom. The van der Waals surface area contributed by atoms with Gasteiger partial charge in [0.2, 0.25) is 41.4 Å². The molecular weight excluding hydrogens is 1820 g/mol. The number of nitriles is 5. The lowest BCUT2D eigenvalue weighted by Crippen LogP contribution is -2.62. The van der Waals surface area contributed by atoms with E-state index in [4.69, 9.17) is 26.3 Å². The molecule has 0 saturated carbocycles. The van der Waals surface area contributed by atoms with E-state index in [0.717, 1.165) is 117 Å². The van der Waals surface area contributed by atoms with E-state index in [2.05, 4.69) is 286 Å². The van der Waals surface area contributed by atoms with Gasteiger partial charge in [-0.2, -0.15) is 26.3 Å². The SMILES string of the molecule is C/C=C/C(=O)N1CCN(C(C)(C)C)CC1CC#N.C=C(F)C(=O)N1CCN(C(C)(C)C)CC1CC#N.C=CC(=O)N1C2CCC1CN(C(C)(C)C)C2.C=CC(=O)N1CC2CCC(C1)N2C(C)(C)C.C=CC(=O)N1C[C@@H](C)N(C(C)(C)C)C[C@@H]1C.CC(C)(C)N1CCN(C(=O)/C=C/CF)C(CC#N)C1.CC(C)(C)N1CCN(C(=O)/C=C/N2CCCC2)[C@@H](CC#N)C1.CC/C=C/C(=O)N1CCN(C(C)(C)C)C[C@@H]1CC#N. The molecule has 11 rings (SSSR count). The molecular formula is C112H186F2N22O8. The summed E-state index contributed by atoms with van der Waals surface area (Å²) in [6.07, 6.45) is 27.0. The Morgan fingerprint density at radius 2 is 0.667 bits per heavy atom. The second-order valence-electron chi connectivity index (χ2n) is 47.7. The van der Waals surface area contributed by atoms with Crippen molar-refractivity contribution in [1.29, 1.82) is 26.3 Å². The van der Waals surface area contributed by atoms with Crippen molar-refractivity contribution in [3.8, 4) is 30.3 Å². The van der Waals surface area contributed by atoms with Crippen molar-refractivity contribution < 1.29 is 47.1 Å². The Kier molecular flexibility index (Phi) is 50.8. The minimum atomic E-state index is -0.956. The predicted molar refractivity (Wildman–Crippen MR) is 572 cm³/mol. The molecule has 11 aliphatic heterocycles. The lowest BCUT2D eigenvalue weighted by atomic mass is 9.98. The fourth-order valence-corrected chi connectivity index (χ4v) is 21.0. The standard InChI is InChI=1S/C17H28N4O.C15H25N3O.C14H22FN3O.C14H23N3O.C13H20FN3O.2C13H22N2O.C13H24N2O/c1-17(2,3)20-12-13-21(15(14-20)6-8-18)16(22)7-11-19-9-4-5-10-19;1-5-6-7-14(19)18-11-10-17(15(2,3)4)12-13(18)8-9-16;1-14(2,3)17-9-10-18(12(11-17)6-8-16)13(19)5-4-7-15;1-5-6-13(18)17-10-9-16(14(2,3)4)11-12(17)7-8-15;1-10(14)12(18)17-8-7-16(13(2,3)4)9-11(17)5-6-15;1-5-12(16)15-10-6-7-11(15)9-14(8-10)13(2,3)4;1-5-12(16)14-8-10-6-7-11(9-14)15(10)13(2,3)4;1-7-12(16)14-8-11(3)15(9-10(14)2)13(4,5)6/h7,11,15H,4-6,9-10,12-14H2,1-3H3;6-7,13H,5,8,10-12H2,1-4H3;4-5,12H,6-7,9-11H2,1-3H3;5-6,12H,7,9-11H2,1-4H3;11H,1,5,7-9H2,2-4H3;2*5,10-11H,1,6-9H2,2-4H3;7,10-11H,1,8-9H2,2-6H3/b11-7+;7-6+;5-4+;6-5+;;;;/t15-;13-;;;;;;10-,11+/m00.....0/s1. The number of carbonyl (C=O) groups is 8. The van der Waals surface area contributed by atoms with Crippen molar-refractivity contribution in [1.82, 2.24) is 83.3 Å². The second-order valence-corrected chi connectivity index (χ2v) is 47.7. The monoisotopic (exact) mass is 2010 g/mol. The number of hydrogen-bond donors (Lipinski definition) is 0. The maximum absolute atomic E-state index is 12.9. The summed E-state index contributed by atoms with van der Waals surface area (Å²) >= 11 is 0. The highest BCUT2D eigenvalue weighted by atomic mass is 19.1. The first-order valence-corrected chi connectivity index (χ1v) is 52.5. The smallest absolute Gasteiger partial charge is 0.282 e. The summed E-state index contributed by atoms with van der Waals surface area (Å²) in [6.45, 7) is 92.1. The Bertz CT molecular complexity index is 4430. The number of likely N-dealkylation sites (tertiary alicyclic amines) is 3. The van der Waals surface area contributed by atoms with Gasteiger partial charge in [0.15, 0.2) is 5.83 Å². The lowest BCUT2D eigenvalue weighted by molar-refractivity contribution is -0.135. The Balaban J connectivity index is 0.000000344. The molecule has 0 N–H and O–H groups in total. The summed E-state index contributed by atoms with van der Waals surface area (Å²) in [5.74, 6) is -1.50. The van der Waals surface area contributed by atoms with E-state index in [-0.39, 0.29) is 128 Å². The van der Waals surface area contributed by atoms with E-state index in [9.17, 15) is 47.1 Å². The molecule has 11 fully saturated rings. The van der Waals surface area contributed by atoms with E-state index in [1.54, 1.807) is 29.2 Å². The topological polar surface area (TPSA) is 311 Å². The van der Waals surface area contributed by atoms with Crippen LogP contribution in [0.2, 0.25) is 0 Å². The van der Waals surface area contributed by atoms with E-state index >= 15 is 0 Å². The molecule has 7 unspecified atom stereocenters. The third-order valence-electron chi connectivity index (χ3n) is 29.0. The maximum Gasteiger partial charge on any atom is 0.282 e. The van der Waals surface area contributed by atoms with Crippen molar-refractivity contribution in [2.75, 3.05) is 157 Å². The minimum absolute atomic E-state index is 0.00583. The van der Waals surface area contributed by atoms with Crippen molar-refractivity contribution in [2.24, 2.45) is 0 Å². The summed E-state index contributed by atoms with van der Waals surface area (Å²) in [4.78, 5) is 131. The third-order valence-corrected chi connectivity index (χ3v) is 29.0. The van der Waals surface area contributed by atoms with Crippen LogP contribution in [-0.4, -0.2) is 399 Å². The highest BCUT2D eigenvalue weighted by molar-refractivity contribution is 5.92. The van der Waals surface area contributed by atoms with Crippen LogP contribution < -0.4 is 0 Å². The number of carbonyl (C=O) groups excluding carboxylic acids is 8. The van der Waals surface area contributed by atoms with Gasteiger partial charge in [0.1, 0.15) is 6.67 Å². The zero-order chi connectivity index (χ0) is 109. The summed E-state index contributed by atoms with van der Waals surface area (Å²) in [5, 5.41) is 44.7. The van der Waals surface area contributed by atoms with Crippen LogP contribution in [0.4, 0.5) is 8.78 Å².